The van der Waals surface area contributed by atoms with Gasteiger partial charge in [0.2, 0.25) is 0 Å². The van der Waals surface area contributed by atoms with Gasteiger partial charge in [-0.2, -0.15) is 0 Å². The molecule has 0 amide bonds. The molecule has 0 radical (unpaired) electrons. The van der Waals surface area contributed by atoms with Crippen LogP contribution in [-0.2, 0) is 0 Å². The molecule has 8 nitrogen and oxygen atoms in total. The molecule has 1 N–H and O–H groups in total. The van der Waals surface area contributed by atoms with Crippen LogP contribution in [0.15, 0.2) is 29.4 Å². The second kappa shape index (κ2) is 4.13. The second-order valence-corrected chi connectivity index (χ2v) is 2.49. The third kappa shape index (κ3) is 2.24. The highest BCUT2D eigenvalue weighted by Gasteiger charge is 2.19. The van der Waals surface area contributed by atoms with Crippen LogP contribution in [0.5, 0.6) is 0 Å². The molecular weight excluding hydrogens is 206 g/mol. The van der Waals surface area contributed by atoms with E-state index in [0.29, 0.717) is 0 Å². The maximum absolute atomic E-state index is 10.4. The first-order valence-electron chi connectivity index (χ1n) is 3.67. The Balaban J connectivity index is 3.21. The van der Waals surface area contributed by atoms with Crippen LogP contribution < -0.4 is 0 Å². The number of benzene rings is 1. The highest BCUT2D eigenvalue weighted by molar-refractivity contribution is 5.92. The van der Waals surface area contributed by atoms with Crippen LogP contribution in [0.3, 0.4) is 0 Å². The van der Waals surface area contributed by atoms with Crippen LogP contribution in [0.2, 0.25) is 0 Å². The minimum Gasteiger partial charge on any atom is -0.358 e. The van der Waals surface area contributed by atoms with Gasteiger partial charge in [-0.15, -0.1) is 0 Å². The second-order valence-electron chi connectivity index (χ2n) is 2.49. The Bertz CT molecular complexity index is 442. The van der Waals surface area contributed by atoms with Gasteiger partial charge in [0.1, 0.15) is 0 Å². The van der Waals surface area contributed by atoms with Gasteiger partial charge in [-0.25, -0.2) is 0 Å². The van der Waals surface area contributed by atoms with Crippen molar-refractivity contribution in [3.63, 3.8) is 0 Å². The Hall–Kier alpha value is -2.51. The van der Waals surface area contributed by atoms with Crippen molar-refractivity contribution in [2.24, 2.45) is 5.16 Å². The summed E-state index contributed by atoms with van der Waals surface area (Å²) in [5, 5.41) is 31.5. The Morgan fingerprint density at radius 3 is 2.47 bits per heavy atom. The lowest BCUT2D eigenvalue weighted by Crippen LogP contribution is -2.13. The maximum atomic E-state index is 10.4. The van der Waals surface area contributed by atoms with Crippen LogP contribution in [0.25, 0.3) is 0 Å². The van der Waals surface area contributed by atoms with Gasteiger partial charge >= 0.3 is 5.84 Å². The molecule has 0 saturated carbocycles. The highest BCUT2D eigenvalue weighted by atomic mass is 16.6. The topological polar surface area (TPSA) is 119 Å². The summed E-state index contributed by atoms with van der Waals surface area (Å²) >= 11 is 0. The lowest BCUT2D eigenvalue weighted by molar-refractivity contribution is -0.385. The van der Waals surface area contributed by atoms with Gasteiger partial charge in [-0.3, -0.25) is 10.1 Å². The van der Waals surface area contributed by atoms with Crippen molar-refractivity contribution in [2.75, 3.05) is 0 Å². The summed E-state index contributed by atoms with van der Waals surface area (Å²) < 4.78 is 0. The standard InChI is InChI=1S/C7H5N3O5/c11-8-7(10(14)15)5-2-1-3-6(4-5)9(12)13/h1-4,11H. The molecule has 0 bridgehead atoms. The lowest BCUT2D eigenvalue weighted by atomic mass is 10.2. The summed E-state index contributed by atoms with van der Waals surface area (Å²) in [6.45, 7) is 0. The fourth-order valence-electron chi connectivity index (χ4n) is 0.958. The van der Waals surface area contributed by atoms with E-state index in [1.807, 2.05) is 0 Å². The van der Waals surface area contributed by atoms with Crippen LogP contribution in [-0.4, -0.2) is 20.9 Å². The quantitative estimate of drug-likeness (QED) is 0.257. The Morgan fingerprint density at radius 2 is 2.00 bits per heavy atom. The zero-order valence-electron chi connectivity index (χ0n) is 7.23. The molecule has 8 heteroatoms. The molecule has 1 aromatic rings. The number of nitro benzene ring substituents is 1. The fraction of sp³-hybridized carbons (Fsp3) is 0. The van der Waals surface area contributed by atoms with Gasteiger partial charge in [0.15, 0.2) is 5.16 Å². The van der Waals surface area contributed by atoms with Gasteiger partial charge in [0.05, 0.1) is 10.5 Å². The van der Waals surface area contributed by atoms with E-state index < -0.39 is 15.7 Å². The highest BCUT2D eigenvalue weighted by Crippen LogP contribution is 2.13. The van der Waals surface area contributed by atoms with E-state index in [1.165, 1.54) is 18.2 Å². The number of non-ortho nitro benzene ring substituents is 1. The molecule has 0 aliphatic carbocycles. The number of nitro groups is 2. The van der Waals surface area contributed by atoms with Gasteiger partial charge in [-0.1, -0.05) is 6.07 Å². The van der Waals surface area contributed by atoms with Crippen molar-refractivity contribution in [3.05, 3.63) is 50.1 Å². The number of rotatable bonds is 2. The van der Waals surface area contributed by atoms with E-state index in [1.54, 1.807) is 0 Å². The zero-order chi connectivity index (χ0) is 11.4. The average Bonchev–Trinajstić information content (AvgIpc) is 2.18. The maximum Gasteiger partial charge on any atom is 0.416 e. The monoisotopic (exact) mass is 211 g/mol. The molecule has 0 fully saturated rings. The summed E-state index contributed by atoms with van der Waals surface area (Å²) in [5.74, 6) is -0.835. The van der Waals surface area contributed by atoms with E-state index in [2.05, 4.69) is 5.16 Å². The summed E-state index contributed by atoms with van der Waals surface area (Å²) in [6, 6.07) is 4.64. The van der Waals surface area contributed by atoms with E-state index >= 15 is 0 Å². The molecule has 0 atom stereocenters. The molecule has 0 heterocycles. The smallest absolute Gasteiger partial charge is 0.358 e. The Labute approximate surface area is 82.7 Å². The lowest BCUT2D eigenvalue weighted by Gasteiger charge is -1.96. The molecule has 0 unspecified atom stereocenters. The molecule has 0 aromatic heterocycles. The van der Waals surface area contributed by atoms with Crippen LogP contribution in [0.4, 0.5) is 5.69 Å². The largest absolute Gasteiger partial charge is 0.416 e. The number of hydrogen-bond donors (Lipinski definition) is 1. The van der Waals surface area contributed by atoms with Crippen LogP contribution >= 0.6 is 0 Å². The fourth-order valence-corrected chi connectivity index (χ4v) is 0.958. The number of hydrogen-bond acceptors (Lipinski definition) is 6. The summed E-state index contributed by atoms with van der Waals surface area (Å²) in [7, 11) is 0. The van der Waals surface area contributed by atoms with Gasteiger partial charge in [0.25, 0.3) is 5.69 Å². The van der Waals surface area contributed by atoms with Crippen molar-refractivity contribution in [1.82, 2.24) is 0 Å². The SMILES string of the molecule is O=[N+]([O-])C(=NO)c1cccc([N+](=O)[O-])c1. The average molecular weight is 211 g/mol. The Kier molecular flexibility index (Phi) is 2.91. The zero-order valence-corrected chi connectivity index (χ0v) is 7.23. The molecule has 0 aliphatic rings. The Morgan fingerprint density at radius 1 is 1.33 bits per heavy atom. The molecule has 0 saturated heterocycles. The van der Waals surface area contributed by atoms with Crippen molar-refractivity contribution in [3.8, 4) is 0 Å². The predicted molar refractivity (Wildman–Crippen MR) is 48.4 cm³/mol. The molecule has 0 aliphatic heterocycles. The molecule has 78 valence electrons. The van der Waals surface area contributed by atoms with E-state index in [9.17, 15) is 20.2 Å². The van der Waals surface area contributed by atoms with Gasteiger partial charge < -0.3 is 15.3 Å². The molecule has 1 aromatic carbocycles. The normalized spacial score (nSPS) is 11.1. The van der Waals surface area contributed by atoms with Crippen molar-refractivity contribution >= 4 is 11.5 Å². The third-order valence-electron chi connectivity index (χ3n) is 1.58. The molecular formula is C7H5N3O5. The summed E-state index contributed by atoms with van der Waals surface area (Å²) in [5.41, 5.74) is -0.438. The first-order chi connectivity index (χ1) is 7.06. The first kappa shape index (κ1) is 10.6. The molecule has 0 spiro atoms. The number of oxime groups is 1. The predicted octanol–water partition coefficient (Wildman–Crippen LogP) is 1.01. The van der Waals surface area contributed by atoms with E-state index in [0.717, 1.165) is 6.07 Å². The van der Waals surface area contributed by atoms with Crippen LogP contribution in [0, 0.1) is 20.2 Å². The number of amidine groups is 1. The van der Waals surface area contributed by atoms with E-state index in [4.69, 9.17) is 5.21 Å². The van der Waals surface area contributed by atoms with Crippen LogP contribution in [0.1, 0.15) is 5.56 Å². The minimum absolute atomic E-state index is 0.128. The minimum atomic E-state index is -0.931. The number of nitrogens with zero attached hydrogens (tertiary/aromatic N) is 3. The van der Waals surface area contributed by atoms with Crippen molar-refractivity contribution in [2.45, 2.75) is 0 Å². The van der Waals surface area contributed by atoms with Gasteiger partial charge in [-0.05, 0) is 11.0 Å². The molecule has 15 heavy (non-hydrogen) atoms. The van der Waals surface area contributed by atoms with E-state index in [-0.39, 0.29) is 11.3 Å². The van der Waals surface area contributed by atoms with Crippen molar-refractivity contribution in [1.29, 1.82) is 0 Å². The van der Waals surface area contributed by atoms with Crippen molar-refractivity contribution < 1.29 is 15.1 Å². The summed E-state index contributed by atoms with van der Waals surface area (Å²) in [4.78, 5) is 19.1. The summed E-state index contributed by atoms with van der Waals surface area (Å²) in [6.07, 6.45) is 0. The van der Waals surface area contributed by atoms with Gasteiger partial charge in [0, 0.05) is 12.1 Å². The first-order valence-corrected chi connectivity index (χ1v) is 3.67. The molecule has 1 rings (SSSR count). The third-order valence-corrected chi connectivity index (χ3v) is 1.58.